The zero-order valence-corrected chi connectivity index (χ0v) is 14.7. The maximum Gasteiger partial charge on any atom is 0.228 e. The van der Waals surface area contributed by atoms with Crippen molar-refractivity contribution in [1.82, 2.24) is 5.32 Å². The van der Waals surface area contributed by atoms with Crippen LogP contribution in [0.3, 0.4) is 0 Å². The van der Waals surface area contributed by atoms with Crippen LogP contribution in [0.4, 0.5) is 5.69 Å². The number of methoxy groups -OCH3 is 1. The van der Waals surface area contributed by atoms with Crippen molar-refractivity contribution in [2.75, 3.05) is 32.1 Å². The molecule has 0 aliphatic carbocycles. The lowest BCUT2D eigenvalue weighted by Crippen LogP contribution is -2.37. The van der Waals surface area contributed by atoms with Gasteiger partial charge in [0.15, 0.2) is 0 Å². The molecule has 6 heteroatoms. The van der Waals surface area contributed by atoms with Crippen LogP contribution < -0.4 is 20.1 Å². The molecule has 23 heavy (non-hydrogen) atoms. The van der Waals surface area contributed by atoms with Gasteiger partial charge in [-0.1, -0.05) is 13.3 Å². The number of carbonyl (C=O) groups excluding carboxylic acids is 1. The molecule has 1 aromatic carbocycles. The highest BCUT2D eigenvalue weighted by atomic mass is 35.5. The lowest BCUT2D eigenvalue weighted by atomic mass is 9.99. The van der Waals surface area contributed by atoms with E-state index in [0.29, 0.717) is 23.8 Å². The van der Waals surface area contributed by atoms with E-state index in [4.69, 9.17) is 9.47 Å². The molecular formula is C17H27ClN2O3. The number of nitrogens with one attached hydrogen (secondary N) is 2. The second-order valence-electron chi connectivity index (χ2n) is 5.60. The fourth-order valence-corrected chi connectivity index (χ4v) is 2.50. The molecule has 1 aliphatic rings. The fraction of sp³-hybridized carbons (Fsp3) is 0.588. The predicted molar refractivity (Wildman–Crippen MR) is 94.9 cm³/mol. The van der Waals surface area contributed by atoms with Gasteiger partial charge in [0.05, 0.1) is 25.3 Å². The molecule has 5 nitrogen and oxygen atoms in total. The highest BCUT2D eigenvalue weighted by Gasteiger charge is 2.22. The smallest absolute Gasteiger partial charge is 0.228 e. The van der Waals surface area contributed by atoms with E-state index in [1.807, 2.05) is 18.2 Å². The Morgan fingerprint density at radius 1 is 1.43 bits per heavy atom. The van der Waals surface area contributed by atoms with Crippen LogP contribution in [-0.2, 0) is 4.79 Å². The van der Waals surface area contributed by atoms with Crippen LogP contribution in [-0.4, -0.2) is 32.7 Å². The third-order valence-corrected chi connectivity index (χ3v) is 3.87. The normalized spacial score (nSPS) is 17.0. The Morgan fingerprint density at radius 3 is 2.91 bits per heavy atom. The van der Waals surface area contributed by atoms with Crippen molar-refractivity contribution in [3.05, 3.63) is 18.2 Å². The van der Waals surface area contributed by atoms with Crippen LogP contribution in [0.1, 0.15) is 32.6 Å². The maximum atomic E-state index is 12.4. The molecule has 2 N–H and O–H groups in total. The molecule has 0 aromatic heterocycles. The Bertz CT molecular complexity index is 491. The summed E-state index contributed by atoms with van der Waals surface area (Å²) in [6.07, 6.45) is 4.03. The first-order valence-corrected chi connectivity index (χ1v) is 8.07. The van der Waals surface area contributed by atoms with Crippen molar-refractivity contribution in [2.45, 2.75) is 32.6 Å². The molecule has 1 fully saturated rings. The van der Waals surface area contributed by atoms with E-state index < -0.39 is 0 Å². The second-order valence-corrected chi connectivity index (χ2v) is 5.60. The highest BCUT2D eigenvalue weighted by molar-refractivity contribution is 5.94. The Balaban J connectivity index is 0.00000264. The quantitative estimate of drug-likeness (QED) is 0.747. The van der Waals surface area contributed by atoms with Gasteiger partial charge in [0.2, 0.25) is 5.91 Å². The number of rotatable bonds is 7. The molecule has 0 radical (unpaired) electrons. The van der Waals surface area contributed by atoms with E-state index in [2.05, 4.69) is 17.6 Å². The summed E-state index contributed by atoms with van der Waals surface area (Å²) in [5, 5.41) is 6.26. The van der Waals surface area contributed by atoms with Crippen LogP contribution in [0.15, 0.2) is 18.2 Å². The number of unbranched alkanes of at least 4 members (excludes halogenated alkanes) is 1. The summed E-state index contributed by atoms with van der Waals surface area (Å²) in [5.74, 6) is 1.47. The van der Waals surface area contributed by atoms with Crippen molar-refractivity contribution >= 4 is 24.0 Å². The van der Waals surface area contributed by atoms with Gasteiger partial charge in [0.25, 0.3) is 0 Å². The number of halogens is 1. The molecule has 1 aliphatic heterocycles. The molecule has 1 atom stereocenters. The van der Waals surface area contributed by atoms with Crippen LogP contribution >= 0.6 is 12.4 Å². The lowest BCUT2D eigenvalue weighted by molar-refractivity contribution is -0.120. The number of amides is 1. The van der Waals surface area contributed by atoms with Crippen molar-refractivity contribution < 1.29 is 14.3 Å². The Labute approximate surface area is 144 Å². The maximum absolute atomic E-state index is 12.4. The Hall–Kier alpha value is -1.46. The average molecular weight is 343 g/mol. The summed E-state index contributed by atoms with van der Waals surface area (Å²) in [6, 6.07) is 5.51. The monoisotopic (exact) mass is 342 g/mol. The van der Waals surface area contributed by atoms with Gasteiger partial charge in [-0.05, 0) is 37.9 Å². The van der Waals surface area contributed by atoms with E-state index in [1.165, 1.54) is 0 Å². The van der Waals surface area contributed by atoms with E-state index in [1.54, 1.807) is 7.11 Å². The number of hydrogen-bond acceptors (Lipinski definition) is 4. The number of hydrogen-bond donors (Lipinski definition) is 2. The summed E-state index contributed by atoms with van der Waals surface area (Å²) in [7, 11) is 1.61. The summed E-state index contributed by atoms with van der Waals surface area (Å²) >= 11 is 0. The molecule has 1 unspecified atom stereocenters. The second kappa shape index (κ2) is 10.3. The first-order chi connectivity index (χ1) is 10.7. The fourth-order valence-electron chi connectivity index (χ4n) is 2.50. The standard InChI is InChI=1S/C17H26N2O3.ClH/c1-3-4-10-22-16-8-7-14(21-2)11-15(16)19-17(20)13-6-5-9-18-12-13;/h7-8,11,13,18H,3-6,9-10,12H2,1-2H3,(H,19,20);1H. The van der Waals surface area contributed by atoms with Gasteiger partial charge in [0, 0.05) is 12.6 Å². The molecule has 1 saturated heterocycles. The summed E-state index contributed by atoms with van der Waals surface area (Å²) in [4.78, 5) is 12.4. The number of benzene rings is 1. The van der Waals surface area contributed by atoms with E-state index in [9.17, 15) is 4.79 Å². The van der Waals surface area contributed by atoms with Crippen molar-refractivity contribution in [1.29, 1.82) is 0 Å². The Morgan fingerprint density at radius 2 is 2.26 bits per heavy atom. The molecule has 0 spiro atoms. The largest absolute Gasteiger partial charge is 0.497 e. The zero-order chi connectivity index (χ0) is 15.8. The van der Waals surface area contributed by atoms with Crippen LogP contribution in [0, 0.1) is 5.92 Å². The van der Waals surface area contributed by atoms with Crippen LogP contribution in [0.2, 0.25) is 0 Å². The van der Waals surface area contributed by atoms with Gasteiger partial charge >= 0.3 is 0 Å². The minimum Gasteiger partial charge on any atom is -0.497 e. The minimum atomic E-state index is 0. The Kier molecular flexibility index (Phi) is 8.81. The first kappa shape index (κ1) is 19.6. The topological polar surface area (TPSA) is 59.6 Å². The molecule has 0 saturated carbocycles. The summed E-state index contributed by atoms with van der Waals surface area (Å²) in [5.41, 5.74) is 0.686. The van der Waals surface area contributed by atoms with Gasteiger partial charge in [-0.2, -0.15) is 0 Å². The first-order valence-electron chi connectivity index (χ1n) is 8.07. The molecule has 1 amide bonds. The zero-order valence-electron chi connectivity index (χ0n) is 13.9. The molecule has 1 heterocycles. The molecule has 0 bridgehead atoms. The van der Waals surface area contributed by atoms with Crippen LogP contribution in [0.25, 0.3) is 0 Å². The van der Waals surface area contributed by atoms with E-state index in [-0.39, 0.29) is 24.2 Å². The van der Waals surface area contributed by atoms with Gasteiger partial charge < -0.3 is 20.1 Å². The van der Waals surface area contributed by atoms with Crippen molar-refractivity contribution in [3.8, 4) is 11.5 Å². The molecular weight excluding hydrogens is 316 g/mol. The number of carbonyl (C=O) groups is 1. The van der Waals surface area contributed by atoms with Gasteiger partial charge in [-0.15, -0.1) is 12.4 Å². The molecule has 1 aromatic rings. The number of anilines is 1. The van der Waals surface area contributed by atoms with Crippen molar-refractivity contribution in [2.24, 2.45) is 5.92 Å². The van der Waals surface area contributed by atoms with Gasteiger partial charge in [-0.3, -0.25) is 4.79 Å². The molecule has 130 valence electrons. The summed E-state index contributed by atoms with van der Waals surface area (Å²) in [6.45, 7) is 4.50. The molecule has 2 rings (SSSR count). The van der Waals surface area contributed by atoms with Gasteiger partial charge in [-0.25, -0.2) is 0 Å². The third-order valence-electron chi connectivity index (χ3n) is 3.87. The number of piperidine rings is 1. The van der Waals surface area contributed by atoms with Gasteiger partial charge in [0.1, 0.15) is 11.5 Å². The predicted octanol–water partition coefficient (Wildman–Crippen LogP) is 3.23. The highest BCUT2D eigenvalue weighted by Crippen LogP contribution is 2.30. The SMILES string of the molecule is CCCCOc1ccc(OC)cc1NC(=O)C1CCCNC1.Cl. The summed E-state index contributed by atoms with van der Waals surface area (Å²) < 4.78 is 11.0. The third kappa shape index (κ3) is 5.92. The van der Waals surface area contributed by atoms with E-state index >= 15 is 0 Å². The van der Waals surface area contributed by atoms with E-state index in [0.717, 1.165) is 38.8 Å². The van der Waals surface area contributed by atoms with Crippen LogP contribution in [0.5, 0.6) is 11.5 Å². The minimum absolute atomic E-state index is 0. The van der Waals surface area contributed by atoms with Crippen molar-refractivity contribution in [3.63, 3.8) is 0 Å². The average Bonchev–Trinajstić information content (AvgIpc) is 2.57. The number of ether oxygens (including phenoxy) is 2. The lowest BCUT2D eigenvalue weighted by Gasteiger charge is -2.22.